The molecule has 0 aromatic rings. The van der Waals surface area contributed by atoms with Crippen LogP contribution in [0.5, 0.6) is 0 Å². The van der Waals surface area contributed by atoms with Gasteiger partial charge in [-0.3, -0.25) is 19.6 Å². The number of guanidine groups is 2. The van der Waals surface area contributed by atoms with Gasteiger partial charge in [-0.1, -0.05) is 0 Å². The summed E-state index contributed by atoms with van der Waals surface area (Å²) in [7, 11) is 0. The predicted molar refractivity (Wildman–Crippen MR) is 111 cm³/mol. The maximum atomic E-state index is 12.4. The van der Waals surface area contributed by atoms with Gasteiger partial charge in [-0.15, -0.1) is 0 Å². The first-order valence-corrected chi connectivity index (χ1v) is 9.33. The quantitative estimate of drug-likeness (QED) is 0.0727. The fourth-order valence-corrected chi connectivity index (χ4v) is 2.34. The van der Waals surface area contributed by atoms with Gasteiger partial charge in [0.25, 0.3) is 0 Å². The van der Waals surface area contributed by atoms with Crippen molar-refractivity contribution in [1.29, 1.82) is 0 Å². The summed E-state index contributed by atoms with van der Waals surface area (Å²) in [6.45, 7) is 1.75. The summed E-state index contributed by atoms with van der Waals surface area (Å²) < 4.78 is 0. The zero-order valence-corrected chi connectivity index (χ0v) is 17.0. The van der Waals surface area contributed by atoms with Crippen molar-refractivity contribution in [3.63, 3.8) is 0 Å². The molecule has 0 aliphatic carbocycles. The standard InChI is InChI=1S/C16H33N9O5/c1-8(26)11(25-12(27)9(17)4-2-6-22-15(18)19)13(28)24-10(14(29)30)5-3-7-23-16(20)21/h8-11,26H,2-7,17H2,1H3,(H,24,28)(H,25,27)(H,29,30)(H4,18,19,22)(H4,20,21,23). The normalized spacial score (nSPS) is 14.5. The van der Waals surface area contributed by atoms with Gasteiger partial charge in [0, 0.05) is 13.1 Å². The lowest BCUT2D eigenvalue weighted by atomic mass is 10.1. The number of aliphatic carboxylic acids is 1. The SMILES string of the molecule is CC(O)C(NC(=O)C(N)CCCN=C(N)N)C(=O)NC(CCCN=C(N)N)C(=O)O. The van der Waals surface area contributed by atoms with E-state index in [1.807, 2.05) is 0 Å². The molecule has 4 atom stereocenters. The first-order chi connectivity index (χ1) is 14.0. The molecule has 0 aliphatic heterocycles. The molecule has 14 nitrogen and oxygen atoms in total. The molecule has 0 rings (SSSR count). The van der Waals surface area contributed by atoms with Crippen LogP contribution in [0.2, 0.25) is 0 Å². The van der Waals surface area contributed by atoms with E-state index in [-0.39, 0.29) is 37.9 Å². The van der Waals surface area contributed by atoms with Crippen LogP contribution in [0.25, 0.3) is 0 Å². The summed E-state index contributed by atoms with van der Waals surface area (Å²) >= 11 is 0. The van der Waals surface area contributed by atoms with Gasteiger partial charge in [0.1, 0.15) is 12.1 Å². The Morgan fingerprint density at radius 2 is 1.40 bits per heavy atom. The number of hydrogen-bond acceptors (Lipinski definition) is 7. The monoisotopic (exact) mass is 431 g/mol. The van der Waals surface area contributed by atoms with E-state index in [4.69, 9.17) is 28.7 Å². The Bertz CT molecular complexity index is 631. The molecule has 0 heterocycles. The highest BCUT2D eigenvalue weighted by Crippen LogP contribution is 2.03. The Hall–Kier alpha value is -3.13. The molecule has 0 aliphatic rings. The Kier molecular flexibility index (Phi) is 12.5. The third-order valence-electron chi connectivity index (χ3n) is 3.93. The van der Waals surface area contributed by atoms with Crippen LogP contribution in [-0.4, -0.2) is 77.2 Å². The maximum Gasteiger partial charge on any atom is 0.326 e. The van der Waals surface area contributed by atoms with Crippen molar-refractivity contribution in [3.05, 3.63) is 0 Å². The average Bonchev–Trinajstić information content (AvgIpc) is 2.64. The summed E-state index contributed by atoms with van der Waals surface area (Å²) in [5.74, 6) is -3.02. The molecule has 0 spiro atoms. The van der Waals surface area contributed by atoms with Crippen LogP contribution >= 0.6 is 0 Å². The molecule has 4 unspecified atom stereocenters. The number of aliphatic hydroxyl groups is 1. The second-order valence-corrected chi connectivity index (χ2v) is 6.63. The van der Waals surface area contributed by atoms with E-state index in [1.165, 1.54) is 6.92 Å². The number of aliphatic hydroxyl groups excluding tert-OH is 1. The molecule has 14 N–H and O–H groups in total. The zero-order valence-electron chi connectivity index (χ0n) is 17.0. The van der Waals surface area contributed by atoms with Gasteiger partial charge in [-0.25, -0.2) is 4.79 Å². The minimum Gasteiger partial charge on any atom is -0.480 e. The van der Waals surface area contributed by atoms with Crippen molar-refractivity contribution >= 4 is 29.7 Å². The molecule has 0 saturated carbocycles. The predicted octanol–water partition coefficient (Wildman–Crippen LogP) is -4.14. The van der Waals surface area contributed by atoms with E-state index in [2.05, 4.69) is 20.6 Å². The molecule has 2 amide bonds. The van der Waals surface area contributed by atoms with E-state index in [1.54, 1.807) is 0 Å². The van der Waals surface area contributed by atoms with Gasteiger partial charge >= 0.3 is 5.97 Å². The molecule has 172 valence electrons. The van der Waals surface area contributed by atoms with Gasteiger partial charge in [0.2, 0.25) is 11.8 Å². The summed E-state index contributed by atoms with van der Waals surface area (Å²) in [6, 6.07) is -3.61. The molecular formula is C16H33N9O5. The van der Waals surface area contributed by atoms with Gasteiger partial charge in [0.05, 0.1) is 12.1 Å². The number of carboxylic acid groups (broad SMARTS) is 1. The number of hydrogen-bond donors (Lipinski definition) is 9. The minimum atomic E-state index is -1.39. The topological polar surface area (TPSA) is 271 Å². The van der Waals surface area contributed by atoms with Crippen molar-refractivity contribution in [2.75, 3.05) is 13.1 Å². The van der Waals surface area contributed by atoms with Crippen LogP contribution < -0.4 is 39.3 Å². The number of carbonyl (C=O) groups is 3. The highest BCUT2D eigenvalue weighted by molar-refractivity contribution is 5.92. The second kappa shape index (κ2) is 13.9. The van der Waals surface area contributed by atoms with E-state index in [0.717, 1.165) is 0 Å². The van der Waals surface area contributed by atoms with Crippen LogP contribution in [0, 0.1) is 0 Å². The van der Waals surface area contributed by atoms with E-state index in [0.29, 0.717) is 12.8 Å². The van der Waals surface area contributed by atoms with Crippen LogP contribution in [0.1, 0.15) is 32.6 Å². The van der Waals surface area contributed by atoms with Crippen molar-refractivity contribution in [1.82, 2.24) is 10.6 Å². The second-order valence-electron chi connectivity index (χ2n) is 6.63. The fraction of sp³-hybridized carbons (Fsp3) is 0.688. The number of carbonyl (C=O) groups excluding carboxylic acids is 2. The lowest BCUT2D eigenvalue weighted by molar-refractivity contribution is -0.143. The molecule has 0 fully saturated rings. The third kappa shape index (κ3) is 11.7. The van der Waals surface area contributed by atoms with E-state index < -0.39 is 42.0 Å². The fourth-order valence-electron chi connectivity index (χ4n) is 2.34. The molecular weight excluding hydrogens is 398 g/mol. The van der Waals surface area contributed by atoms with Crippen LogP contribution in [0.15, 0.2) is 9.98 Å². The van der Waals surface area contributed by atoms with Crippen LogP contribution in [0.4, 0.5) is 0 Å². The Morgan fingerprint density at radius 1 is 0.900 bits per heavy atom. The molecule has 0 radical (unpaired) electrons. The highest BCUT2D eigenvalue weighted by atomic mass is 16.4. The van der Waals surface area contributed by atoms with Crippen molar-refractivity contribution in [2.24, 2.45) is 38.7 Å². The van der Waals surface area contributed by atoms with Crippen molar-refractivity contribution in [2.45, 2.75) is 56.8 Å². The number of rotatable bonds is 14. The number of nitrogens with one attached hydrogen (secondary N) is 2. The van der Waals surface area contributed by atoms with Gasteiger partial charge in [-0.2, -0.15) is 0 Å². The van der Waals surface area contributed by atoms with E-state index in [9.17, 15) is 24.6 Å². The Labute approximate surface area is 174 Å². The number of amides is 2. The largest absolute Gasteiger partial charge is 0.480 e. The number of carboxylic acids is 1. The van der Waals surface area contributed by atoms with Gasteiger partial charge in [0.15, 0.2) is 11.9 Å². The molecule has 0 bridgehead atoms. The molecule has 0 aromatic heterocycles. The van der Waals surface area contributed by atoms with Crippen LogP contribution in [-0.2, 0) is 14.4 Å². The Morgan fingerprint density at radius 3 is 1.83 bits per heavy atom. The van der Waals surface area contributed by atoms with Gasteiger partial charge in [-0.05, 0) is 32.6 Å². The maximum absolute atomic E-state index is 12.4. The number of nitrogens with zero attached hydrogens (tertiary/aromatic N) is 2. The highest BCUT2D eigenvalue weighted by Gasteiger charge is 2.30. The van der Waals surface area contributed by atoms with Crippen molar-refractivity contribution in [3.8, 4) is 0 Å². The average molecular weight is 431 g/mol. The first kappa shape index (κ1) is 26.9. The number of nitrogens with two attached hydrogens (primary N) is 5. The third-order valence-corrected chi connectivity index (χ3v) is 3.93. The Balaban J connectivity index is 4.82. The van der Waals surface area contributed by atoms with Crippen LogP contribution in [0.3, 0.4) is 0 Å². The summed E-state index contributed by atoms with van der Waals surface area (Å²) in [6.07, 6.45) is -0.294. The molecule has 0 saturated heterocycles. The smallest absolute Gasteiger partial charge is 0.326 e. The lowest BCUT2D eigenvalue weighted by Gasteiger charge is -2.24. The first-order valence-electron chi connectivity index (χ1n) is 9.33. The number of aliphatic imine (C=N–C) groups is 2. The summed E-state index contributed by atoms with van der Waals surface area (Å²) in [5, 5.41) is 23.8. The van der Waals surface area contributed by atoms with Crippen molar-refractivity contribution < 1.29 is 24.6 Å². The van der Waals surface area contributed by atoms with Gasteiger partial charge < -0.3 is 49.5 Å². The molecule has 30 heavy (non-hydrogen) atoms. The van der Waals surface area contributed by atoms with E-state index >= 15 is 0 Å². The molecule has 0 aromatic carbocycles. The minimum absolute atomic E-state index is 0.0443. The summed E-state index contributed by atoms with van der Waals surface area (Å²) in [5.41, 5.74) is 26.6. The summed E-state index contributed by atoms with van der Waals surface area (Å²) in [4.78, 5) is 43.5. The lowest BCUT2D eigenvalue weighted by Crippen LogP contribution is -2.58. The zero-order chi connectivity index (χ0) is 23.3. The molecule has 14 heteroatoms.